The van der Waals surface area contributed by atoms with E-state index in [4.69, 9.17) is 23.2 Å². The maximum atomic E-state index is 12.4. The lowest BCUT2D eigenvalue weighted by Crippen LogP contribution is -2.27. The number of allylic oxidation sites excluding steroid dienone is 3. The molecule has 1 atom stereocenters. The number of rotatable bonds is 5. The molecule has 6 heteroatoms. The monoisotopic (exact) mass is 428 g/mol. The number of carbonyl (C=O) groups is 1. The fraction of sp³-hybridized carbons (Fsp3) is 0.182. The van der Waals surface area contributed by atoms with Crippen LogP contribution in [0.4, 0.5) is 0 Å². The SMILES string of the molecule is CC(=O)C1=C(C)NC(SCc2ccc(Cl)cc2)=C(C#N)[C@@H]1c1ccc(Cl)cc1. The Labute approximate surface area is 179 Å². The number of thioether (sulfide) groups is 1. The van der Waals surface area contributed by atoms with E-state index in [2.05, 4.69) is 11.4 Å². The van der Waals surface area contributed by atoms with Crippen molar-refractivity contribution in [2.75, 3.05) is 0 Å². The second-order valence-electron chi connectivity index (χ2n) is 6.47. The molecule has 3 nitrogen and oxygen atoms in total. The minimum atomic E-state index is -0.409. The van der Waals surface area contributed by atoms with Crippen LogP contribution in [-0.2, 0) is 10.5 Å². The van der Waals surface area contributed by atoms with Gasteiger partial charge in [0.2, 0.25) is 0 Å². The largest absolute Gasteiger partial charge is 0.353 e. The first-order valence-electron chi connectivity index (χ1n) is 8.66. The van der Waals surface area contributed by atoms with Gasteiger partial charge in [-0.25, -0.2) is 0 Å². The maximum absolute atomic E-state index is 12.4. The Kier molecular flexibility index (Phi) is 6.51. The summed E-state index contributed by atoms with van der Waals surface area (Å²) in [6.45, 7) is 3.40. The van der Waals surface area contributed by atoms with Crippen LogP contribution >= 0.6 is 35.0 Å². The Morgan fingerprint density at radius 2 is 1.68 bits per heavy atom. The van der Waals surface area contributed by atoms with Gasteiger partial charge < -0.3 is 5.32 Å². The average Bonchev–Trinajstić information content (AvgIpc) is 2.67. The summed E-state index contributed by atoms with van der Waals surface area (Å²) in [5.74, 6) is 0.217. The fourth-order valence-corrected chi connectivity index (χ4v) is 4.52. The lowest BCUT2D eigenvalue weighted by Gasteiger charge is -2.29. The van der Waals surface area contributed by atoms with Gasteiger partial charge in [0.1, 0.15) is 0 Å². The maximum Gasteiger partial charge on any atom is 0.158 e. The summed E-state index contributed by atoms with van der Waals surface area (Å²) >= 11 is 13.5. The number of hydrogen-bond acceptors (Lipinski definition) is 4. The molecule has 1 aliphatic heterocycles. The van der Waals surface area contributed by atoms with Gasteiger partial charge in [-0.1, -0.05) is 47.5 Å². The van der Waals surface area contributed by atoms with Crippen LogP contribution in [0.25, 0.3) is 0 Å². The molecule has 0 aromatic heterocycles. The van der Waals surface area contributed by atoms with Crippen LogP contribution in [0.15, 0.2) is 70.4 Å². The molecule has 0 unspecified atom stereocenters. The number of benzene rings is 2. The predicted molar refractivity (Wildman–Crippen MR) is 116 cm³/mol. The van der Waals surface area contributed by atoms with Crippen LogP contribution in [-0.4, -0.2) is 5.78 Å². The lowest BCUT2D eigenvalue weighted by molar-refractivity contribution is -0.113. The van der Waals surface area contributed by atoms with Gasteiger partial charge in [-0.3, -0.25) is 4.79 Å². The highest BCUT2D eigenvalue weighted by Gasteiger charge is 2.32. The third-order valence-corrected chi connectivity index (χ3v) is 6.12. The summed E-state index contributed by atoms with van der Waals surface area (Å²) in [5.41, 5.74) is 3.89. The van der Waals surface area contributed by atoms with Gasteiger partial charge in [-0.15, -0.1) is 11.8 Å². The number of Topliss-reactive ketones (excluding diaryl/α,β-unsaturated/α-hetero) is 1. The predicted octanol–water partition coefficient (Wildman–Crippen LogP) is 6.21. The Bertz CT molecular complexity index is 1000. The average molecular weight is 429 g/mol. The summed E-state index contributed by atoms with van der Waals surface area (Å²) in [6.07, 6.45) is 0. The molecular formula is C22H18Cl2N2OS. The van der Waals surface area contributed by atoms with E-state index in [-0.39, 0.29) is 5.78 Å². The number of nitriles is 1. The first-order valence-corrected chi connectivity index (χ1v) is 10.4. The van der Waals surface area contributed by atoms with E-state index < -0.39 is 5.92 Å². The van der Waals surface area contributed by atoms with Crippen LogP contribution < -0.4 is 5.32 Å². The smallest absolute Gasteiger partial charge is 0.158 e. The molecular weight excluding hydrogens is 411 g/mol. The van der Waals surface area contributed by atoms with Crippen molar-refractivity contribution in [3.05, 3.63) is 91.6 Å². The first kappa shape index (κ1) is 20.5. The molecule has 0 spiro atoms. The van der Waals surface area contributed by atoms with Gasteiger partial charge >= 0.3 is 0 Å². The second kappa shape index (κ2) is 8.87. The number of ketones is 1. The molecule has 0 radical (unpaired) electrons. The van der Waals surface area contributed by atoms with Gasteiger partial charge in [-0.2, -0.15) is 5.26 Å². The van der Waals surface area contributed by atoms with Crippen LogP contribution in [0.2, 0.25) is 10.0 Å². The zero-order chi connectivity index (χ0) is 20.3. The molecule has 3 rings (SSSR count). The summed E-state index contributed by atoms with van der Waals surface area (Å²) in [7, 11) is 0. The topological polar surface area (TPSA) is 52.9 Å². The van der Waals surface area contributed by atoms with E-state index in [1.54, 1.807) is 12.1 Å². The minimum absolute atomic E-state index is 0.0561. The van der Waals surface area contributed by atoms with Crippen molar-refractivity contribution in [2.45, 2.75) is 25.5 Å². The molecule has 1 heterocycles. The Balaban J connectivity index is 1.99. The van der Waals surface area contributed by atoms with E-state index in [1.165, 1.54) is 18.7 Å². The number of nitrogens with zero attached hydrogens (tertiary/aromatic N) is 1. The summed E-state index contributed by atoms with van der Waals surface area (Å²) in [5, 5.41) is 15.3. The quantitative estimate of drug-likeness (QED) is 0.614. The molecule has 2 aromatic carbocycles. The Morgan fingerprint density at radius 3 is 2.21 bits per heavy atom. The van der Waals surface area contributed by atoms with Crippen LogP contribution in [0.1, 0.15) is 30.9 Å². The zero-order valence-corrected chi connectivity index (χ0v) is 17.8. The highest BCUT2D eigenvalue weighted by atomic mass is 35.5. The fourth-order valence-electron chi connectivity index (χ4n) is 3.22. The van der Waals surface area contributed by atoms with E-state index >= 15 is 0 Å². The van der Waals surface area contributed by atoms with Crippen molar-refractivity contribution >= 4 is 40.7 Å². The standard InChI is InChI=1S/C22H18Cl2N2OS/c1-13-20(14(2)27)21(16-5-9-18(24)10-6-16)19(11-25)22(26-13)28-12-15-3-7-17(23)8-4-15/h3-10,21,26H,12H2,1-2H3/t21-/m0/s1. The molecule has 142 valence electrons. The molecule has 0 bridgehead atoms. The molecule has 28 heavy (non-hydrogen) atoms. The van der Waals surface area contributed by atoms with Gasteiger partial charge in [0.15, 0.2) is 5.78 Å². The number of dihydropyridines is 1. The van der Waals surface area contributed by atoms with Crippen LogP contribution in [0.5, 0.6) is 0 Å². The Hall–Kier alpha value is -2.19. The van der Waals surface area contributed by atoms with E-state index in [1.807, 2.05) is 43.3 Å². The van der Waals surface area contributed by atoms with Crippen molar-refractivity contribution in [1.82, 2.24) is 5.32 Å². The van der Waals surface area contributed by atoms with Gasteiger partial charge in [0.05, 0.1) is 22.6 Å². The minimum Gasteiger partial charge on any atom is -0.353 e. The van der Waals surface area contributed by atoms with Crippen molar-refractivity contribution in [2.24, 2.45) is 0 Å². The normalized spacial score (nSPS) is 16.6. The molecule has 0 fully saturated rings. The van der Waals surface area contributed by atoms with Crippen molar-refractivity contribution in [3.63, 3.8) is 0 Å². The first-order chi connectivity index (χ1) is 13.4. The highest BCUT2D eigenvalue weighted by Crippen LogP contribution is 2.41. The molecule has 0 saturated heterocycles. The summed E-state index contributed by atoms with van der Waals surface area (Å²) in [6, 6.07) is 17.2. The zero-order valence-electron chi connectivity index (χ0n) is 15.4. The van der Waals surface area contributed by atoms with Crippen molar-refractivity contribution in [3.8, 4) is 6.07 Å². The second-order valence-corrected chi connectivity index (χ2v) is 8.33. The van der Waals surface area contributed by atoms with Gasteiger partial charge in [0, 0.05) is 27.1 Å². The third-order valence-electron chi connectivity index (χ3n) is 4.53. The van der Waals surface area contributed by atoms with E-state index in [0.29, 0.717) is 26.9 Å². The van der Waals surface area contributed by atoms with Gasteiger partial charge in [0.25, 0.3) is 0 Å². The molecule has 0 amide bonds. The molecule has 2 aromatic rings. The molecule has 0 saturated carbocycles. The molecule has 1 aliphatic rings. The molecule has 0 aliphatic carbocycles. The van der Waals surface area contributed by atoms with Crippen molar-refractivity contribution < 1.29 is 4.79 Å². The number of hydrogen-bond donors (Lipinski definition) is 1. The van der Waals surface area contributed by atoms with Crippen molar-refractivity contribution in [1.29, 1.82) is 5.26 Å². The number of nitrogens with one attached hydrogen (secondary N) is 1. The van der Waals surface area contributed by atoms with Crippen LogP contribution in [0, 0.1) is 11.3 Å². The summed E-state index contributed by atoms with van der Waals surface area (Å²) < 4.78 is 0. The molecule has 1 N–H and O–H groups in total. The lowest BCUT2D eigenvalue weighted by atomic mass is 9.81. The third kappa shape index (κ3) is 4.44. The van der Waals surface area contributed by atoms with E-state index in [9.17, 15) is 10.1 Å². The Morgan fingerprint density at radius 1 is 1.11 bits per heavy atom. The van der Waals surface area contributed by atoms with Crippen LogP contribution in [0.3, 0.4) is 0 Å². The highest BCUT2D eigenvalue weighted by molar-refractivity contribution is 8.02. The number of halogens is 2. The number of carbonyl (C=O) groups excluding carboxylic acids is 1. The van der Waals surface area contributed by atoms with Gasteiger partial charge in [-0.05, 0) is 49.2 Å². The summed E-state index contributed by atoms with van der Waals surface area (Å²) in [4.78, 5) is 12.4. The van der Waals surface area contributed by atoms with E-state index in [0.717, 1.165) is 21.9 Å².